The van der Waals surface area contributed by atoms with Gasteiger partial charge in [0.1, 0.15) is 17.3 Å². The van der Waals surface area contributed by atoms with Crippen molar-refractivity contribution in [1.29, 1.82) is 0 Å². The number of hydrogen-bond donors (Lipinski definition) is 1. The third kappa shape index (κ3) is 3.47. The van der Waals surface area contributed by atoms with Crippen molar-refractivity contribution in [3.8, 4) is 0 Å². The molecule has 2 amide bonds. The highest BCUT2D eigenvalue weighted by Crippen LogP contribution is 2.50. The van der Waals surface area contributed by atoms with E-state index in [1.165, 1.54) is 12.1 Å². The van der Waals surface area contributed by atoms with E-state index in [9.17, 15) is 22.8 Å². The molecule has 11 heteroatoms. The van der Waals surface area contributed by atoms with Crippen LogP contribution in [0.3, 0.4) is 0 Å². The number of likely N-dealkylation sites (tertiary alicyclic amines) is 1. The van der Waals surface area contributed by atoms with Crippen LogP contribution in [0.15, 0.2) is 42.9 Å². The summed E-state index contributed by atoms with van der Waals surface area (Å²) in [7, 11) is 1.85. The number of ether oxygens (including phenoxy) is 1. The summed E-state index contributed by atoms with van der Waals surface area (Å²) in [6, 6.07) is 4.39. The summed E-state index contributed by atoms with van der Waals surface area (Å²) in [5, 5.41) is 6.54. The van der Waals surface area contributed by atoms with Crippen LogP contribution in [0.25, 0.3) is 5.65 Å². The zero-order valence-corrected chi connectivity index (χ0v) is 17.1. The molecule has 8 nitrogen and oxygen atoms in total. The second kappa shape index (κ2) is 7.01. The first-order valence-electron chi connectivity index (χ1n) is 10.1. The van der Waals surface area contributed by atoms with Gasteiger partial charge in [-0.15, -0.1) is 0 Å². The zero-order valence-electron chi connectivity index (χ0n) is 17.1. The van der Waals surface area contributed by atoms with Gasteiger partial charge >= 0.3 is 12.3 Å². The van der Waals surface area contributed by atoms with E-state index in [1.807, 2.05) is 17.8 Å². The highest BCUT2D eigenvalue weighted by Gasteiger charge is 2.55. The van der Waals surface area contributed by atoms with Crippen LogP contribution in [0.5, 0.6) is 0 Å². The smallest absolute Gasteiger partial charge is 0.416 e. The molecule has 1 spiro atoms. The number of alkyl halides is 3. The molecule has 5 rings (SSSR count). The molecule has 2 aromatic heterocycles. The number of carbonyl (C=O) groups is 2. The molecule has 2 aliphatic rings. The molecule has 0 radical (unpaired) electrons. The number of benzene rings is 1. The molecular formula is C21H20F3N5O3. The number of imidazole rings is 1. The average molecular weight is 447 g/mol. The van der Waals surface area contributed by atoms with Crippen LogP contribution in [0.1, 0.15) is 28.8 Å². The Kier molecular flexibility index (Phi) is 4.47. The molecule has 168 valence electrons. The average Bonchev–Trinajstić information content (AvgIpc) is 3.25. The van der Waals surface area contributed by atoms with Crippen molar-refractivity contribution in [1.82, 2.24) is 19.1 Å². The van der Waals surface area contributed by atoms with Gasteiger partial charge in [0, 0.05) is 43.6 Å². The van der Waals surface area contributed by atoms with E-state index in [0.717, 1.165) is 17.8 Å². The Morgan fingerprint density at radius 1 is 1.22 bits per heavy atom. The molecule has 0 atom stereocenters. The molecule has 3 aromatic rings. The van der Waals surface area contributed by atoms with Crippen LogP contribution in [-0.4, -0.2) is 50.3 Å². The van der Waals surface area contributed by atoms with Crippen molar-refractivity contribution in [2.75, 3.05) is 18.4 Å². The number of halogens is 3. The number of nitrogens with zero attached hydrogens (tertiary/aromatic N) is 4. The van der Waals surface area contributed by atoms with E-state index in [4.69, 9.17) is 4.74 Å². The van der Waals surface area contributed by atoms with Crippen LogP contribution in [0.4, 0.5) is 23.7 Å². The Bertz CT molecular complexity index is 1200. The number of hydrogen-bond acceptors (Lipinski definition) is 4. The maximum atomic E-state index is 12.8. The maximum Gasteiger partial charge on any atom is 0.416 e. The van der Waals surface area contributed by atoms with Gasteiger partial charge in [-0.3, -0.25) is 10.1 Å². The van der Waals surface area contributed by atoms with Crippen molar-refractivity contribution < 1.29 is 27.5 Å². The second-order valence-electron chi connectivity index (χ2n) is 8.54. The van der Waals surface area contributed by atoms with Crippen LogP contribution in [-0.2, 0) is 18.0 Å². The van der Waals surface area contributed by atoms with Gasteiger partial charge in [0.15, 0.2) is 0 Å². The van der Waals surface area contributed by atoms with E-state index in [-0.39, 0.29) is 23.1 Å². The van der Waals surface area contributed by atoms with Crippen molar-refractivity contribution in [3.63, 3.8) is 0 Å². The van der Waals surface area contributed by atoms with Crippen LogP contribution in [0.2, 0.25) is 0 Å². The third-order valence-corrected chi connectivity index (χ3v) is 6.14. The number of anilines is 1. The predicted molar refractivity (Wildman–Crippen MR) is 107 cm³/mol. The van der Waals surface area contributed by atoms with Crippen molar-refractivity contribution in [2.24, 2.45) is 12.5 Å². The Balaban J connectivity index is 1.12. The number of carbonyl (C=O) groups excluding carboxylic acids is 2. The van der Waals surface area contributed by atoms with Gasteiger partial charge in [-0.2, -0.15) is 18.3 Å². The van der Waals surface area contributed by atoms with Crippen LogP contribution >= 0.6 is 0 Å². The molecule has 0 unspecified atom stereocenters. The van der Waals surface area contributed by atoms with E-state index in [2.05, 4.69) is 10.4 Å². The fraction of sp³-hybridized carbons (Fsp3) is 0.381. The summed E-state index contributed by atoms with van der Waals surface area (Å²) in [6.07, 6.45) is 0.792. The fourth-order valence-corrected chi connectivity index (χ4v) is 4.60. The Morgan fingerprint density at radius 3 is 2.69 bits per heavy atom. The van der Waals surface area contributed by atoms with Crippen molar-refractivity contribution in [3.05, 3.63) is 54.0 Å². The molecule has 0 bridgehead atoms. The normalized spacial score (nSPS) is 17.8. The van der Waals surface area contributed by atoms with Gasteiger partial charge in [-0.25, -0.2) is 9.31 Å². The predicted octanol–water partition coefficient (Wildman–Crippen LogP) is 3.54. The van der Waals surface area contributed by atoms with Crippen molar-refractivity contribution >= 4 is 23.3 Å². The van der Waals surface area contributed by atoms with Crippen LogP contribution in [0, 0.1) is 5.41 Å². The van der Waals surface area contributed by atoms with E-state index < -0.39 is 17.8 Å². The number of aromatic nitrogens is 3. The minimum atomic E-state index is -4.49. The fourth-order valence-electron chi connectivity index (χ4n) is 4.60. The summed E-state index contributed by atoms with van der Waals surface area (Å²) in [5.74, 6) is -0.0842. The summed E-state index contributed by atoms with van der Waals surface area (Å²) in [5.41, 5.74) is 0.379. The lowest BCUT2D eigenvalue weighted by molar-refractivity contribution is -0.137. The number of amides is 2. The molecule has 3 heterocycles. The lowest BCUT2D eigenvalue weighted by Crippen LogP contribution is -2.65. The second-order valence-corrected chi connectivity index (χ2v) is 8.54. The standard InChI is InChI=1S/C21H20F3N5O3/c1-27-5-6-29-17(27)16(10-25-29)18(30)28-11-20(12-28)8-15(9-20)32-19(31)26-14-4-2-3-13(7-14)21(22,23)24/h2-7,10,15H,8-9,11-12H2,1H3,(H,26,31). The molecule has 1 aliphatic heterocycles. The van der Waals surface area contributed by atoms with Gasteiger partial charge in [0.05, 0.1) is 11.8 Å². The monoisotopic (exact) mass is 447 g/mol. The Labute approximate surface area is 180 Å². The minimum absolute atomic E-state index is 0.0208. The molecule has 1 saturated carbocycles. The Hall–Kier alpha value is -3.50. The number of fused-ring (bicyclic) bond motifs is 1. The first-order valence-corrected chi connectivity index (χ1v) is 10.1. The highest BCUT2D eigenvalue weighted by molar-refractivity contribution is 6.00. The van der Waals surface area contributed by atoms with E-state index in [0.29, 0.717) is 31.5 Å². The zero-order chi connectivity index (χ0) is 22.7. The summed E-state index contributed by atoms with van der Waals surface area (Å²) < 4.78 is 47.2. The van der Waals surface area contributed by atoms with Crippen molar-refractivity contribution in [2.45, 2.75) is 25.1 Å². The molecule has 2 fully saturated rings. The minimum Gasteiger partial charge on any atom is -0.446 e. The third-order valence-electron chi connectivity index (χ3n) is 6.14. The van der Waals surface area contributed by atoms with E-state index >= 15 is 0 Å². The van der Waals surface area contributed by atoms with Gasteiger partial charge < -0.3 is 14.2 Å². The number of nitrogens with one attached hydrogen (secondary N) is 1. The summed E-state index contributed by atoms with van der Waals surface area (Å²) in [6.45, 7) is 1.14. The first kappa shape index (κ1) is 20.4. The van der Waals surface area contributed by atoms with Crippen LogP contribution < -0.4 is 5.32 Å². The lowest BCUT2D eigenvalue weighted by atomic mass is 9.61. The van der Waals surface area contributed by atoms with Gasteiger partial charge in [0.25, 0.3) is 5.91 Å². The molecule has 1 N–H and O–H groups in total. The lowest BCUT2D eigenvalue weighted by Gasteiger charge is -2.58. The quantitative estimate of drug-likeness (QED) is 0.666. The number of aryl methyl sites for hydroxylation is 1. The SMILES string of the molecule is Cn1ccn2ncc(C(=O)N3CC4(CC(OC(=O)Nc5cccc(C(F)(F)F)c5)C4)C3)c12. The Morgan fingerprint density at radius 2 is 1.97 bits per heavy atom. The molecule has 32 heavy (non-hydrogen) atoms. The largest absolute Gasteiger partial charge is 0.446 e. The molecule has 1 aromatic carbocycles. The van der Waals surface area contributed by atoms with Gasteiger partial charge in [-0.05, 0) is 31.0 Å². The van der Waals surface area contributed by atoms with Gasteiger partial charge in [-0.1, -0.05) is 6.07 Å². The topological polar surface area (TPSA) is 80.9 Å². The highest BCUT2D eigenvalue weighted by atomic mass is 19.4. The molecule has 1 aliphatic carbocycles. The number of rotatable bonds is 3. The van der Waals surface area contributed by atoms with Gasteiger partial charge in [0.2, 0.25) is 0 Å². The maximum absolute atomic E-state index is 12.8. The summed E-state index contributed by atoms with van der Waals surface area (Å²) >= 11 is 0. The molecule has 1 saturated heterocycles. The summed E-state index contributed by atoms with van der Waals surface area (Å²) in [4.78, 5) is 26.6. The molecular weight excluding hydrogens is 427 g/mol. The van der Waals surface area contributed by atoms with E-state index in [1.54, 1.807) is 21.8 Å². The first-order chi connectivity index (χ1) is 15.1.